The van der Waals surface area contributed by atoms with Gasteiger partial charge in [0.25, 0.3) is 5.56 Å². The minimum absolute atomic E-state index is 0.117. The fourth-order valence-corrected chi connectivity index (χ4v) is 4.02. The third kappa shape index (κ3) is 3.02. The number of fused-ring (bicyclic) bond motifs is 1. The van der Waals surface area contributed by atoms with Crippen LogP contribution < -0.4 is 5.56 Å². The van der Waals surface area contributed by atoms with Crippen molar-refractivity contribution in [2.45, 2.75) is 11.7 Å². The SMILES string of the molecule is O=C(O)CSc1nc2ccsc2c(=O)n1Cc1ccsc1. The van der Waals surface area contributed by atoms with Crippen LogP contribution in [0.25, 0.3) is 10.2 Å². The molecule has 21 heavy (non-hydrogen) atoms. The molecule has 0 aliphatic carbocycles. The van der Waals surface area contributed by atoms with Crippen molar-refractivity contribution in [2.75, 3.05) is 5.75 Å². The van der Waals surface area contributed by atoms with Crippen molar-refractivity contribution in [3.05, 3.63) is 44.2 Å². The molecule has 0 aromatic carbocycles. The number of thiophene rings is 2. The Hall–Kier alpha value is -1.64. The lowest BCUT2D eigenvalue weighted by Gasteiger charge is -2.10. The van der Waals surface area contributed by atoms with E-state index in [1.165, 1.54) is 11.3 Å². The molecule has 0 saturated carbocycles. The topological polar surface area (TPSA) is 72.2 Å². The van der Waals surface area contributed by atoms with Crippen LogP contribution in [0.5, 0.6) is 0 Å². The van der Waals surface area contributed by atoms with Gasteiger partial charge in [0.15, 0.2) is 5.16 Å². The first kappa shape index (κ1) is 14.3. The normalized spacial score (nSPS) is 11.0. The molecule has 0 saturated heterocycles. The number of aliphatic carboxylic acids is 1. The van der Waals surface area contributed by atoms with Gasteiger partial charge in [-0.3, -0.25) is 14.2 Å². The molecule has 0 aliphatic rings. The highest BCUT2D eigenvalue weighted by molar-refractivity contribution is 7.99. The number of thioether (sulfide) groups is 1. The highest BCUT2D eigenvalue weighted by Crippen LogP contribution is 2.22. The minimum Gasteiger partial charge on any atom is -0.481 e. The highest BCUT2D eigenvalue weighted by atomic mass is 32.2. The zero-order valence-corrected chi connectivity index (χ0v) is 13.1. The van der Waals surface area contributed by atoms with E-state index in [-0.39, 0.29) is 11.3 Å². The first-order valence-electron chi connectivity index (χ1n) is 5.99. The van der Waals surface area contributed by atoms with Crippen LogP contribution in [-0.2, 0) is 11.3 Å². The van der Waals surface area contributed by atoms with Crippen LogP contribution in [-0.4, -0.2) is 26.4 Å². The Bertz CT molecular complexity index is 836. The largest absolute Gasteiger partial charge is 0.481 e. The van der Waals surface area contributed by atoms with Gasteiger partial charge < -0.3 is 5.11 Å². The summed E-state index contributed by atoms with van der Waals surface area (Å²) in [6.45, 7) is 0.408. The minimum atomic E-state index is -0.929. The van der Waals surface area contributed by atoms with Gasteiger partial charge in [0.2, 0.25) is 0 Å². The second kappa shape index (κ2) is 6.00. The van der Waals surface area contributed by atoms with Crippen molar-refractivity contribution >= 4 is 50.6 Å². The molecule has 3 aromatic rings. The number of aromatic nitrogens is 2. The van der Waals surface area contributed by atoms with E-state index >= 15 is 0 Å². The predicted octanol–water partition coefficient (Wildman–Crippen LogP) is 2.74. The van der Waals surface area contributed by atoms with Crippen LogP contribution in [0.3, 0.4) is 0 Å². The van der Waals surface area contributed by atoms with E-state index in [1.54, 1.807) is 22.0 Å². The van der Waals surface area contributed by atoms with E-state index in [1.807, 2.05) is 22.2 Å². The van der Waals surface area contributed by atoms with Crippen molar-refractivity contribution < 1.29 is 9.90 Å². The predicted molar refractivity (Wildman–Crippen MR) is 85.7 cm³/mol. The van der Waals surface area contributed by atoms with Crippen molar-refractivity contribution in [1.82, 2.24) is 9.55 Å². The Morgan fingerprint density at radius 1 is 1.38 bits per heavy atom. The molecule has 108 valence electrons. The Morgan fingerprint density at radius 3 is 2.95 bits per heavy atom. The van der Waals surface area contributed by atoms with E-state index in [0.29, 0.717) is 21.9 Å². The summed E-state index contributed by atoms with van der Waals surface area (Å²) in [6, 6.07) is 3.72. The molecule has 0 unspecified atom stereocenters. The zero-order chi connectivity index (χ0) is 14.8. The van der Waals surface area contributed by atoms with Gasteiger partial charge in [-0.05, 0) is 33.8 Å². The number of rotatable bonds is 5. The third-order valence-electron chi connectivity index (χ3n) is 2.78. The van der Waals surface area contributed by atoms with Crippen LogP contribution >= 0.6 is 34.4 Å². The molecular weight excluding hydrogens is 328 g/mol. The maximum absolute atomic E-state index is 12.6. The first-order chi connectivity index (χ1) is 10.1. The lowest BCUT2D eigenvalue weighted by Crippen LogP contribution is -2.23. The lowest BCUT2D eigenvalue weighted by molar-refractivity contribution is -0.133. The molecule has 8 heteroatoms. The van der Waals surface area contributed by atoms with Gasteiger partial charge in [-0.25, -0.2) is 4.98 Å². The van der Waals surface area contributed by atoms with Gasteiger partial charge in [-0.2, -0.15) is 11.3 Å². The molecule has 0 bridgehead atoms. The summed E-state index contributed by atoms with van der Waals surface area (Å²) in [4.78, 5) is 27.7. The van der Waals surface area contributed by atoms with Crippen molar-refractivity contribution in [2.24, 2.45) is 0 Å². The summed E-state index contributed by atoms with van der Waals surface area (Å²) in [5, 5.41) is 15.0. The van der Waals surface area contributed by atoms with Gasteiger partial charge >= 0.3 is 5.97 Å². The van der Waals surface area contributed by atoms with E-state index in [0.717, 1.165) is 17.3 Å². The molecule has 0 radical (unpaired) electrons. The molecule has 1 N–H and O–H groups in total. The Balaban J connectivity index is 2.08. The number of carboxylic acid groups (broad SMARTS) is 1. The Morgan fingerprint density at radius 2 is 2.24 bits per heavy atom. The first-order valence-corrected chi connectivity index (χ1v) is 8.79. The molecule has 0 fully saturated rings. The van der Waals surface area contributed by atoms with E-state index in [2.05, 4.69) is 4.98 Å². The Labute approximate surface area is 131 Å². The Kier molecular flexibility index (Phi) is 4.09. The second-order valence-electron chi connectivity index (χ2n) is 4.23. The molecule has 3 rings (SSSR count). The van der Waals surface area contributed by atoms with Gasteiger partial charge in [0.05, 0.1) is 17.8 Å². The van der Waals surface area contributed by atoms with Crippen LogP contribution in [0.15, 0.2) is 38.2 Å². The molecule has 3 aromatic heterocycles. The standard InChI is InChI=1S/C13H10N2O3S3/c16-10(17)7-21-13-14-9-2-4-20-11(9)12(18)15(13)5-8-1-3-19-6-8/h1-4,6H,5,7H2,(H,16,17). The molecule has 0 spiro atoms. The molecular formula is C13H10N2O3S3. The van der Waals surface area contributed by atoms with E-state index in [9.17, 15) is 9.59 Å². The molecule has 0 aliphatic heterocycles. The summed E-state index contributed by atoms with van der Waals surface area (Å²) >= 11 is 3.98. The van der Waals surface area contributed by atoms with Crippen LogP contribution in [0.2, 0.25) is 0 Å². The summed E-state index contributed by atoms with van der Waals surface area (Å²) in [6.07, 6.45) is 0. The summed E-state index contributed by atoms with van der Waals surface area (Å²) < 4.78 is 2.15. The van der Waals surface area contributed by atoms with E-state index in [4.69, 9.17) is 5.11 Å². The number of nitrogens with zero attached hydrogens (tertiary/aromatic N) is 2. The third-order valence-corrected chi connectivity index (χ3v) is 5.36. The monoisotopic (exact) mass is 338 g/mol. The number of hydrogen-bond donors (Lipinski definition) is 1. The quantitative estimate of drug-likeness (QED) is 0.572. The number of carbonyl (C=O) groups is 1. The highest BCUT2D eigenvalue weighted by Gasteiger charge is 2.14. The average Bonchev–Trinajstić information content (AvgIpc) is 3.11. The van der Waals surface area contributed by atoms with Gasteiger partial charge in [-0.15, -0.1) is 11.3 Å². The van der Waals surface area contributed by atoms with Crippen LogP contribution in [0.1, 0.15) is 5.56 Å². The fraction of sp³-hybridized carbons (Fsp3) is 0.154. The van der Waals surface area contributed by atoms with Crippen molar-refractivity contribution in [3.8, 4) is 0 Å². The average molecular weight is 338 g/mol. The zero-order valence-electron chi connectivity index (χ0n) is 10.7. The van der Waals surface area contributed by atoms with Gasteiger partial charge in [0, 0.05) is 0 Å². The van der Waals surface area contributed by atoms with Gasteiger partial charge in [0.1, 0.15) is 4.70 Å². The summed E-state index contributed by atoms with van der Waals surface area (Å²) in [5.74, 6) is -1.05. The lowest BCUT2D eigenvalue weighted by atomic mass is 10.3. The fourth-order valence-electron chi connectivity index (χ4n) is 1.86. The summed E-state index contributed by atoms with van der Waals surface area (Å²) in [7, 11) is 0. The maximum atomic E-state index is 12.6. The molecule has 5 nitrogen and oxygen atoms in total. The van der Waals surface area contributed by atoms with Crippen LogP contribution in [0, 0.1) is 0 Å². The number of hydrogen-bond acceptors (Lipinski definition) is 6. The van der Waals surface area contributed by atoms with Gasteiger partial charge in [-0.1, -0.05) is 11.8 Å². The number of carboxylic acids is 1. The summed E-state index contributed by atoms with van der Waals surface area (Å²) in [5.41, 5.74) is 1.52. The molecule has 0 amide bonds. The van der Waals surface area contributed by atoms with E-state index < -0.39 is 5.97 Å². The smallest absolute Gasteiger partial charge is 0.313 e. The van der Waals surface area contributed by atoms with Crippen molar-refractivity contribution in [3.63, 3.8) is 0 Å². The van der Waals surface area contributed by atoms with Crippen LogP contribution in [0.4, 0.5) is 0 Å². The van der Waals surface area contributed by atoms with Crippen molar-refractivity contribution in [1.29, 1.82) is 0 Å². The molecule has 0 atom stereocenters. The molecule has 3 heterocycles. The maximum Gasteiger partial charge on any atom is 0.313 e. The second-order valence-corrected chi connectivity index (χ2v) is 6.87.